The van der Waals surface area contributed by atoms with Gasteiger partial charge in [-0.1, -0.05) is 18.2 Å². The molecule has 34 heavy (non-hydrogen) atoms. The Kier molecular flexibility index (Phi) is 7.37. The lowest BCUT2D eigenvalue weighted by atomic mass is 10.0. The average Bonchev–Trinajstić information content (AvgIpc) is 3.10. The molecular formula is C26H30FN5O2. The molecule has 0 spiro atoms. The van der Waals surface area contributed by atoms with Crippen molar-refractivity contribution in [3.63, 3.8) is 0 Å². The number of halogens is 1. The molecule has 178 valence electrons. The molecule has 0 atom stereocenters. The van der Waals surface area contributed by atoms with E-state index in [2.05, 4.69) is 20.6 Å². The molecule has 7 nitrogen and oxygen atoms in total. The fraction of sp³-hybridized carbons (Fsp3) is 0.346. The van der Waals surface area contributed by atoms with Crippen molar-refractivity contribution < 1.29 is 14.0 Å². The van der Waals surface area contributed by atoms with Crippen LogP contribution >= 0.6 is 0 Å². The van der Waals surface area contributed by atoms with Gasteiger partial charge in [-0.25, -0.2) is 9.07 Å². The van der Waals surface area contributed by atoms with Crippen molar-refractivity contribution in [1.82, 2.24) is 20.0 Å². The van der Waals surface area contributed by atoms with Crippen molar-refractivity contribution in [3.8, 4) is 5.69 Å². The Bertz CT molecular complexity index is 1140. The summed E-state index contributed by atoms with van der Waals surface area (Å²) < 4.78 is 15.0. The molecule has 2 amide bonds. The summed E-state index contributed by atoms with van der Waals surface area (Å²) in [7, 11) is 0. The number of carbonyl (C=O) groups is 2. The number of benzene rings is 2. The predicted octanol–water partition coefficient (Wildman–Crippen LogP) is 3.39. The van der Waals surface area contributed by atoms with Crippen LogP contribution in [0.5, 0.6) is 0 Å². The zero-order valence-electron chi connectivity index (χ0n) is 19.6. The van der Waals surface area contributed by atoms with E-state index in [9.17, 15) is 14.0 Å². The van der Waals surface area contributed by atoms with Gasteiger partial charge in [-0.15, -0.1) is 0 Å². The molecule has 1 fully saturated rings. The molecule has 1 aliphatic heterocycles. The van der Waals surface area contributed by atoms with Crippen LogP contribution in [0.1, 0.15) is 29.8 Å². The number of nitrogens with one attached hydrogen (secondary N) is 2. The van der Waals surface area contributed by atoms with E-state index in [-0.39, 0.29) is 30.1 Å². The van der Waals surface area contributed by atoms with E-state index in [0.717, 1.165) is 54.3 Å². The minimum atomic E-state index is -0.298. The number of carbonyl (C=O) groups excluding carboxylic acids is 2. The minimum Gasteiger partial charge on any atom is -0.353 e. The van der Waals surface area contributed by atoms with Gasteiger partial charge in [0, 0.05) is 36.1 Å². The number of aromatic nitrogens is 2. The van der Waals surface area contributed by atoms with Gasteiger partial charge in [-0.3, -0.25) is 14.5 Å². The number of hydrogen-bond donors (Lipinski definition) is 2. The van der Waals surface area contributed by atoms with E-state index >= 15 is 0 Å². The van der Waals surface area contributed by atoms with Crippen LogP contribution in [0.25, 0.3) is 5.69 Å². The zero-order chi connectivity index (χ0) is 24.1. The molecule has 0 radical (unpaired) electrons. The second kappa shape index (κ2) is 10.6. The number of hydrogen-bond acceptors (Lipinski definition) is 4. The van der Waals surface area contributed by atoms with Crippen molar-refractivity contribution in [2.45, 2.75) is 39.2 Å². The first-order valence-corrected chi connectivity index (χ1v) is 11.6. The van der Waals surface area contributed by atoms with Gasteiger partial charge in [0.1, 0.15) is 5.82 Å². The lowest BCUT2D eigenvalue weighted by Gasteiger charge is -2.31. The average molecular weight is 464 g/mol. The largest absolute Gasteiger partial charge is 0.353 e. The highest BCUT2D eigenvalue weighted by molar-refractivity contribution is 5.92. The first-order chi connectivity index (χ1) is 16.4. The van der Waals surface area contributed by atoms with Gasteiger partial charge in [0.05, 0.1) is 24.3 Å². The number of anilines is 1. The molecule has 1 aliphatic rings. The second-order valence-corrected chi connectivity index (χ2v) is 8.75. The lowest BCUT2D eigenvalue weighted by molar-refractivity contribution is -0.122. The van der Waals surface area contributed by atoms with E-state index in [1.165, 1.54) is 12.1 Å². The first-order valence-electron chi connectivity index (χ1n) is 11.6. The monoisotopic (exact) mass is 463 g/mol. The van der Waals surface area contributed by atoms with E-state index in [1.807, 2.05) is 44.2 Å². The van der Waals surface area contributed by atoms with Crippen LogP contribution < -0.4 is 10.6 Å². The number of amides is 2. The Morgan fingerprint density at radius 2 is 1.68 bits per heavy atom. The number of para-hydroxylation sites is 1. The van der Waals surface area contributed by atoms with Gasteiger partial charge < -0.3 is 10.6 Å². The number of aryl methyl sites for hydroxylation is 1. The molecule has 4 rings (SSSR count). The maximum atomic E-state index is 13.3. The summed E-state index contributed by atoms with van der Waals surface area (Å²) in [4.78, 5) is 27.2. The molecule has 0 saturated carbocycles. The van der Waals surface area contributed by atoms with Crippen molar-refractivity contribution in [1.29, 1.82) is 0 Å². The van der Waals surface area contributed by atoms with Gasteiger partial charge in [-0.05, 0) is 63.1 Å². The molecule has 2 N–H and O–H groups in total. The van der Waals surface area contributed by atoms with Crippen LogP contribution in [0.3, 0.4) is 0 Å². The van der Waals surface area contributed by atoms with Gasteiger partial charge in [0.25, 0.3) is 0 Å². The highest BCUT2D eigenvalue weighted by Gasteiger charge is 2.23. The van der Waals surface area contributed by atoms with Crippen LogP contribution in [0.15, 0.2) is 54.6 Å². The summed E-state index contributed by atoms with van der Waals surface area (Å²) in [5.74, 6) is -0.365. The molecule has 8 heteroatoms. The van der Waals surface area contributed by atoms with E-state index < -0.39 is 0 Å². The van der Waals surface area contributed by atoms with Crippen molar-refractivity contribution in [2.75, 3.05) is 25.0 Å². The third-order valence-electron chi connectivity index (χ3n) is 6.23. The molecule has 3 aromatic rings. The molecule has 1 aromatic heterocycles. The SMILES string of the molecule is Cc1nn(-c2ccc(F)cc2)c(C)c1CC(=O)NC1CCN(CC(=O)Nc2ccccc2)CC1. The number of likely N-dealkylation sites (tertiary alicyclic amines) is 1. The van der Waals surface area contributed by atoms with E-state index in [4.69, 9.17) is 0 Å². The molecule has 2 aromatic carbocycles. The zero-order valence-corrected chi connectivity index (χ0v) is 19.6. The standard InChI is InChI=1S/C26H30FN5O2/c1-18-24(19(2)32(30-18)23-10-8-20(27)9-11-23)16-25(33)28-22-12-14-31(15-13-22)17-26(34)29-21-6-4-3-5-7-21/h3-11,22H,12-17H2,1-2H3,(H,28,33)(H,29,34). The summed E-state index contributed by atoms with van der Waals surface area (Å²) >= 11 is 0. The summed E-state index contributed by atoms with van der Waals surface area (Å²) in [6.07, 6.45) is 1.85. The molecule has 2 heterocycles. The van der Waals surface area contributed by atoms with Crippen molar-refractivity contribution >= 4 is 17.5 Å². The van der Waals surface area contributed by atoms with Crippen LogP contribution in [0, 0.1) is 19.7 Å². The maximum Gasteiger partial charge on any atom is 0.238 e. The quantitative estimate of drug-likeness (QED) is 0.563. The fourth-order valence-corrected chi connectivity index (χ4v) is 4.36. The normalized spacial score (nSPS) is 14.7. The van der Waals surface area contributed by atoms with Crippen molar-refractivity contribution in [3.05, 3.63) is 77.4 Å². The van der Waals surface area contributed by atoms with E-state index in [1.54, 1.807) is 16.8 Å². The first kappa shape index (κ1) is 23.6. The van der Waals surface area contributed by atoms with Gasteiger partial charge >= 0.3 is 0 Å². The number of nitrogens with zero attached hydrogens (tertiary/aromatic N) is 3. The lowest BCUT2D eigenvalue weighted by Crippen LogP contribution is -2.46. The highest BCUT2D eigenvalue weighted by Crippen LogP contribution is 2.19. The third kappa shape index (κ3) is 5.88. The maximum absolute atomic E-state index is 13.3. The van der Waals surface area contributed by atoms with Crippen LogP contribution in [0.4, 0.5) is 10.1 Å². The Balaban J connectivity index is 1.26. The predicted molar refractivity (Wildman–Crippen MR) is 129 cm³/mol. The van der Waals surface area contributed by atoms with Crippen LogP contribution in [-0.2, 0) is 16.0 Å². The number of rotatable bonds is 7. The van der Waals surface area contributed by atoms with Crippen molar-refractivity contribution in [2.24, 2.45) is 0 Å². The molecule has 0 aliphatic carbocycles. The number of piperidine rings is 1. The molecular weight excluding hydrogens is 433 g/mol. The Morgan fingerprint density at radius 1 is 1.00 bits per heavy atom. The molecule has 0 bridgehead atoms. The van der Waals surface area contributed by atoms with E-state index in [0.29, 0.717) is 6.54 Å². The Hall–Kier alpha value is -3.52. The van der Waals surface area contributed by atoms with Gasteiger partial charge in [-0.2, -0.15) is 5.10 Å². The van der Waals surface area contributed by atoms with Gasteiger partial charge in [0.15, 0.2) is 0 Å². The summed E-state index contributed by atoms with van der Waals surface area (Å²) in [5, 5.41) is 10.6. The van der Waals surface area contributed by atoms with Gasteiger partial charge in [0.2, 0.25) is 11.8 Å². The Morgan fingerprint density at radius 3 is 2.35 bits per heavy atom. The molecule has 0 unspecified atom stereocenters. The fourth-order valence-electron chi connectivity index (χ4n) is 4.36. The smallest absolute Gasteiger partial charge is 0.238 e. The Labute approximate surface area is 199 Å². The molecule has 1 saturated heterocycles. The van der Waals surface area contributed by atoms with Crippen LogP contribution in [0.2, 0.25) is 0 Å². The summed E-state index contributed by atoms with van der Waals surface area (Å²) in [6, 6.07) is 15.7. The summed E-state index contributed by atoms with van der Waals surface area (Å²) in [5.41, 5.74) is 4.10. The second-order valence-electron chi connectivity index (χ2n) is 8.75. The highest BCUT2D eigenvalue weighted by atomic mass is 19.1. The third-order valence-corrected chi connectivity index (χ3v) is 6.23. The summed E-state index contributed by atoms with van der Waals surface area (Å²) in [6.45, 7) is 5.66. The van der Waals surface area contributed by atoms with Crippen LogP contribution in [-0.4, -0.2) is 52.2 Å². The minimum absolute atomic E-state index is 0.0298. The topological polar surface area (TPSA) is 79.3 Å².